The van der Waals surface area contributed by atoms with Crippen molar-refractivity contribution in [3.8, 4) is 0 Å². The molecule has 0 radical (unpaired) electrons. The van der Waals surface area contributed by atoms with Gasteiger partial charge in [-0.05, 0) is 31.0 Å². The molecule has 1 saturated carbocycles. The van der Waals surface area contributed by atoms with E-state index >= 15 is 0 Å². The lowest BCUT2D eigenvalue weighted by Gasteiger charge is -2.34. The molecule has 1 amide bonds. The number of halogens is 1. The van der Waals surface area contributed by atoms with E-state index in [2.05, 4.69) is 15.1 Å². The fourth-order valence-electron chi connectivity index (χ4n) is 2.75. The van der Waals surface area contributed by atoms with Crippen LogP contribution >= 0.6 is 22.9 Å². The summed E-state index contributed by atoms with van der Waals surface area (Å²) < 4.78 is 0. The smallest absolute Gasteiger partial charge is 0.254 e. The number of rotatable bonds is 3. The molecule has 0 N–H and O–H groups in total. The van der Waals surface area contributed by atoms with E-state index in [4.69, 9.17) is 11.6 Å². The van der Waals surface area contributed by atoms with Gasteiger partial charge in [0.05, 0.1) is 0 Å². The van der Waals surface area contributed by atoms with E-state index in [-0.39, 0.29) is 5.91 Å². The zero-order valence-corrected chi connectivity index (χ0v) is 14.2. The van der Waals surface area contributed by atoms with Crippen LogP contribution in [0.5, 0.6) is 0 Å². The number of benzene rings is 1. The molecule has 0 bridgehead atoms. The SMILES string of the molecule is O=C(c1cccc(Cl)c1)N1CCN(c2nnc(C3CC3)s2)CC1. The van der Waals surface area contributed by atoms with Crippen LogP contribution in [0.25, 0.3) is 0 Å². The number of piperazine rings is 1. The number of aromatic nitrogens is 2. The molecule has 1 saturated heterocycles. The van der Waals surface area contributed by atoms with Crippen LogP contribution in [0.3, 0.4) is 0 Å². The first-order valence-electron chi connectivity index (χ1n) is 7.84. The molecule has 23 heavy (non-hydrogen) atoms. The Hall–Kier alpha value is -1.66. The number of anilines is 1. The van der Waals surface area contributed by atoms with Gasteiger partial charge in [0.15, 0.2) is 0 Å². The van der Waals surface area contributed by atoms with Crippen LogP contribution in [0.4, 0.5) is 5.13 Å². The van der Waals surface area contributed by atoms with E-state index in [1.807, 2.05) is 17.0 Å². The van der Waals surface area contributed by atoms with Gasteiger partial charge in [-0.3, -0.25) is 4.79 Å². The van der Waals surface area contributed by atoms with E-state index in [0.717, 1.165) is 23.2 Å². The van der Waals surface area contributed by atoms with Crippen LogP contribution < -0.4 is 4.90 Å². The van der Waals surface area contributed by atoms with Gasteiger partial charge >= 0.3 is 0 Å². The first kappa shape index (κ1) is 14.9. The highest BCUT2D eigenvalue weighted by Crippen LogP contribution is 2.42. The first-order valence-corrected chi connectivity index (χ1v) is 9.03. The van der Waals surface area contributed by atoms with E-state index < -0.39 is 0 Å². The fourth-order valence-corrected chi connectivity index (χ4v) is 4.01. The summed E-state index contributed by atoms with van der Waals surface area (Å²) in [6.45, 7) is 2.99. The third-order valence-electron chi connectivity index (χ3n) is 4.27. The summed E-state index contributed by atoms with van der Waals surface area (Å²) in [5, 5.41) is 11.4. The van der Waals surface area contributed by atoms with E-state index in [9.17, 15) is 4.79 Å². The highest BCUT2D eigenvalue weighted by molar-refractivity contribution is 7.15. The van der Waals surface area contributed by atoms with Gasteiger partial charge in [0.25, 0.3) is 5.91 Å². The predicted octanol–water partition coefficient (Wildman–Crippen LogP) is 3.03. The summed E-state index contributed by atoms with van der Waals surface area (Å²) in [7, 11) is 0. The van der Waals surface area contributed by atoms with Crippen molar-refractivity contribution in [1.29, 1.82) is 0 Å². The molecule has 0 atom stereocenters. The van der Waals surface area contributed by atoms with Crippen LogP contribution in [-0.2, 0) is 0 Å². The molecule has 1 aromatic carbocycles. The van der Waals surface area contributed by atoms with Gasteiger partial charge in [0.1, 0.15) is 5.01 Å². The predicted molar refractivity (Wildman–Crippen MR) is 91.5 cm³/mol. The number of amides is 1. The van der Waals surface area contributed by atoms with Gasteiger partial charge < -0.3 is 9.80 Å². The summed E-state index contributed by atoms with van der Waals surface area (Å²) in [4.78, 5) is 16.6. The molecular weight excluding hydrogens is 332 g/mol. The second-order valence-electron chi connectivity index (χ2n) is 5.99. The molecular formula is C16H17ClN4OS. The molecule has 2 aliphatic rings. The minimum atomic E-state index is 0.0445. The Morgan fingerprint density at radius 3 is 2.65 bits per heavy atom. The topological polar surface area (TPSA) is 49.3 Å². The lowest BCUT2D eigenvalue weighted by atomic mass is 10.2. The minimum Gasteiger partial charge on any atom is -0.343 e. The van der Waals surface area contributed by atoms with Crippen molar-refractivity contribution in [1.82, 2.24) is 15.1 Å². The molecule has 120 valence electrons. The molecule has 1 aliphatic carbocycles. The maximum Gasteiger partial charge on any atom is 0.254 e. The minimum absolute atomic E-state index is 0.0445. The summed E-state index contributed by atoms with van der Waals surface area (Å²) in [6, 6.07) is 7.13. The molecule has 1 aromatic heterocycles. The Kier molecular flexibility index (Phi) is 3.95. The molecule has 2 heterocycles. The largest absolute Gasteiger partial charge is 0.343 e. The van der Waals surface area contributed by atoms with Crippen LogP contribution in [0.2, 0.25) is 5.02 Å². The highest BCUT2D eigenvalue weighted by atomic mass is 35.5. The Balaban J connectivity index is 1.39. The van der Waals surface area contributed by atoms with E-state index in [1.165, 1.54) is 12.8 Å². The van der Waals surface area contributed by atoms with Crippen molar-refractivity contribution in [2.45, 2.75) is 18.8 Å². The van der Waals surface area contributed by atoms with Gasteiger partial charge in [-0.1, -0.05) is 29.0 Å². The van der Waals surface area contributed by atoms with Crippen LogP contribution in [0.1, 0.15) is 34.1 Å². The quantitative estimate of drug-likeness (QED) is 0.855. The Morgan fingerprint density at radius 1 is 1.17 bits per heavy atom. The zero-order chi connectivity index (χ0) is 15.8. The van der Waals surface area contributed by atoms with Gasteiger partial charge in [-0.25, -0.2) is 0 Å². The van der Waals surface area contributed by atoms with Crippen molar-refractivity contribution < 1.29 is 4.79 Å². The second-order valence-corrected chi connectivity index (χ2v) is 7.41. The third kappa shape index (κ3) is 3.19. The van der Waals surface area contributed by atoms with Gasteiger partial charge in [-0.15, -0.1) is 10.2 Å². The summed E-state index contributed by atoms with van der Waals surface area (Å²) >= 11 is 7.67. The first-order chi connectivity index (χ1) is 11.2. The van der Waals surface area contributed by atoms with Crippen molar-refractivity contribution in [2.75, 3.05) is 31.1 Å². The molecule has 2 aromatic rings. The fraction of sp³-hybridized carbons (Fsp3) is 0.438. The number of carbonyl (C=O) groups excluding carboxylic acids is 1. The van der Waals surface area contributed by atoms with E-state index in [1.54, 1.807) is 23.5 Å². The van der Waals surface area contributed by atoms with Crippen LogP contribution in [0, 0.1) is 0 Å². The summed E-state index contributed by atoms with van der Waals surface area (Å²) in [5.41, 5.74) is 0.651. The zero-order valence-electron chi connectivity index (χ0n) is 12.6. The van der Waals surface area contributed by atoms with Crippen molar-refractivity contribution in [3.63, 3.8) is 0 Å². The van der Waals surface area contributed by atoms with E-state index in [0.29, 0.717) is 29.6 Å². The van der Waals surface area contributed by atoms with Crippen LogP contribution in [-0.4, -0.2) is 47.2 Å². The van der Waals surface area contributed by atoms with Crippen LogP contribution in [0.15, 0.2) is 24.3 Å². The Bertz CT molecular complexity index is 722. The molecule has 0 spiro atoms. The molecule has 5 nitrogen and oxygen atoms in total. The van der Waals surface area contributed by atoms with Gasteiger partial charge in [0.2, 0.25) is 5.13 Å². The average molecular weight is 349 g/mol. The maximum atomic E-state index is 12.5. The van der Waals surface area contributed by atoms with Crippen molar-refractivity contribution in [2.24, 2.45) is 0 Å². The Morgan fingerprint density at radius 2 is 1.96 bits per heavy atom. The number of carbonyl (C=O) groups is 1. The van der Waals surface area contributed by atoms with Crippen molar-refractivity contribution >= 4 is 34.0 Å². The average Bonchev–Trinajstić information content (AvgIpc) is 3.32. The molecule has 1 aliphatic heterocycles. The Labute approximate surface area is 143 Å². The molecule has 0 unspecified atom stereocenters. The molecule has 2 fully saturated rings. The number of hydrogen-bond acceptors (Lipinski definition) is 5. The van der Waals surface area contributed by atoms with Crippen molar-refractivity contribution in [3.05, 3.63) is 39.9 Å². The monoisotopic (exact) mass is 348 g/mol. The maximum absolute atomic E-state index is 12.5. The third-order valence-corrected chi connectivity index (χ3v) is 5.65. The second kappa shape index (κ2) is 6.09. The molecule has 7 heteroatoms. The lowest BCUT2D eigenvalue weighted by Crippen LogP contribution is -2.48. The molecule has 4 rings (SSSR count). The normalized spacial score (nSPS) is 18.3. The number of nitrogens with zero attached hydrogens (tertiary/aromatic N) is 4. The summed E-state index contributed by atoms with van der Waals surface area (Å²) in [6.07, 6.45) is 2.49. The standard InChI is InChI=1S/C16H17ClN4OS/c17-13-3-1-2-12(10-13)15(22)20-6-8-21(9-7-20)16-19-18-14(23-16)11-4-5-11/h1-3,10-11H,4-9H2. The van der Waals surface area contributed by atoms with Gasteiger partial charge in [0, 0.05) is 42.7 Å². The number of hydrogen-bond donors (Lipinski definition) is 0. The van der Waals surface area contributed by atoms with Gasteiger partial charge in [-0.2, -0.15) is 0 Å². The lowest BCUT2D eigenvalue weighted by molar-refractivity contribution is 0.0746. The highest BCUT2D eigenvalue weighted by Gasteiger charge is 2.29. The summed E-state index contributed by atoms with van der Waals surface area (Å²) in [5.74, 6) is 0.690.